The largest absolute Gasteiger partial charge is 0.369 e. The smallest absolute Gasteiger partial charge is 0.118 e. The molecule has 6 heteroatoms. The number of pyridine rings is 1. The Morgan fingerprint density at radius 2 is 1.79 bits per heavy atom. The fraction of sp³-hybridized carbons (Fsp3) is 0.333. The molecule has 1 aliphatic heterocycles. The van der Waals surface area contributed by atoms with Gasteiger partial charge in [0.1, 0.15) is 11.2 Å². The lowest BCUT2D eigenvalue weighted by Gasteiger charge is -2.34. The van der Waals surface area contributed by atoms with Crippen LogP contribution in [0.1, 0.15) is 23.6 Å². The molecule has 0 saturated carbocycles. The van der Waals surface area contributed by atoms with Crippen LogP contribution in [0.5, 0.6) is 0 Å². The van der Waals surface area contributed by atoms with Gasteiger partial charge < -0.3 is 15.1 Å². The van der Waals surface area contributed by atoms with E-state index in [2.05, 4.69) is 87.0 Å². The highest BCUT2D eigenvalue weighted by Crippen LogP contribution is 2.38. The van der Waals surface area contributed by atoms with Crippen molar-refractivity contribution in [3.8, 4) is 22.5 Å². The Kier molecular flexibility index (Phi) is 5.12. The van der Waals surface area contributed by atoms with Gasteiger partial charge in [0.25, 0.3) is 0 Å². The number of likely N-dealkylation sites (N-methyl/N-ethyl adjacent to an activating group) is 1. The summed E-state index contributed by atoms with van der Waals surface area (Å²) in [5, 5.41) is 11.3. The number of nitrogens with one attached hydrogen (secondary N) is 2. The van der Waals surface area contributed by atoms with Gasteiger partial charge in [-0.2, -0.15) is 5.10 Å². The highest BCUT2D eigenvalue weighted by atomic mass is 15.2. The first kappa shape index (κ1) is 20.4. The molecule has 2 aliphatic rings. The number of piperazine rings is 1. The van der Waals surface area contributed by atoms with E-state index in [9.17, 15) is 0 Å². The fourth-order valence-corrected chi connectivity index (χ4v) is 5.34. The molecule has 2 aromatic carbocycles. The maximum absolute atomic E-state index is 5.10. The van der Waals surface area contributed by atoms with Gasteiger partial charge in [0.05, 0.1) is 11.2 Å². The third-order valence-electron chi connectivity index (χ3n) is 7.31. The van der Waals surface area contributed by atoms with Crippen LogP contribution in [0, 0.1) is 0 Å². The number of aromatic nitrogens is 3. The summed E-state index contributed by atoms with van der Waals surface area (Å²) in [5.74, 6) is 0. The predicted molar refractivity (Wildman–Crippen MR) is 135 cm³/mol. The molecular weight excluding hydrogens is 408 g/mol. The Balaban J connectivity index is 1.34. The van der Waals surface area contributed by atoms with Gasteiger partial charge in [-0.05, 0) is 62.3 Å². The average molecular weight is 439 g/mol. The maximum atomic E-state index is 5.10. The molecule has 1 unspecified atom stereocenters. The minimum atomic E-state index is 0.437. The van der Waals surface area contributed by atoms with Crippen molar-refractivity contribution in [2.24, 2.45) is 0 Å². The number of hydrogen-bond acceptors (Lipinski definition) is 5. The van der Waals surface area contributed by atoms with Crippen molar-refractivity contribution >= 4 is 16.7 Å². The van der Waals surface area contributed by atoms with Crippen LogP contribution in [0.4, 0.5) is 5.69 Å². The van der Waals surface area contributed by atoms with E-state index < -0.39 is 0 Å². The van der Waals surface area contributed by atoms with Crippen molar-refractivity contribution in [2.45, 2.75) is 18.9 Å². The van der Waals surface area contributed by atoms with E-state index in [1.54, 1.807) is 0 Å². The lowest BCUT2D eigenvalue weighted by molar-refractivity contribution is 0.313. The zero-order valence-electron chi connectivity index (χ0n) is 19.3. The summed E-state index contributed by atoms with van der Waals surface area (Å²) in [7, 11) is 4.23. The zero-order chi connectivity index (χ0) is 22.4. The first-order chi connectivity index (χ1) is 16.2. The molecular formula is C27H30N6. The number of hydrogen-bond donors (Lipinski definition) is 2. The third kappa shape index (κ3) is 3.59. The van der Waals surface area contributed by atoms with Gasteiger partial charge in [0.2, 0.25) is 0 Å². The summed E-state index contributed by atoms with van der Waals surface area (Å²) in [6, 6.07) is 20.0. The number of fused-ring (bicyclic) bond motifs is 2. The fourth-order valence-electron chi connectivity index (χ4n) is 5.34. The van der Waals surface area contributed by atoms with E-state index in [-0.39, 0.29) is 0 Å². The van der Waals surface area contributed by atoms with Gasteiger partial charge >= 0.3 is 0 Å². The summed E-state index contributed by atoms with van der Waals surface area (Å²) in [6.45, 7) is 4.36. The van der Waals surface area contributed by atoms with Crippen molar-refractivity contribution in [3.05, 3.63) is 65.7 Å². The van der Waals surface area contributed by atoms with E-state index >= 15 is 0 Å². The van der Waals surface area contributed by atoms with E-state index in [0.29, 0.717) is 6.04 Å². The number of H-pyrrole nitrogens is 1. The summed E-state index contributed by atoms with van der Waals surface area (Å²) < 4.78 is 0. The highest BCUT2D eigenvalue weighted by molar-refractivity contribution is 5.91. The van der Waals surface area contributed by atoms with Crippen LogP contribution in [-0.2, 0) is 6.42 Å². The summed E-state index contributed by atoms with van der Waals surface area (Å²) in [4.78, 5) is 9.94. The topological polar surface area (TPSA) is 60.1 Å². The predicted octanol–water partition coefficient (Wildman–Crippen LogP) is 4.25. The van der Waals surface area contributed by atoms with Gasteiger partial charge in [-0.15, -0.1) is 0 Å². The summed E-state index contributed by atoms with van der Waals surface area (Å²) in [5.41, 5.74) is 10.3. The van der Waals surface area contributed by atoms with Crippen LogP contribution in [0.15, 0.2) is 54.6 Å². The Hall–Kier alpha value is -3.22. The lowest BCUT2D eigenvalue weighted by Crippen LogP contribution is -2.44. The molecule has 3 heterocycles. The molecule has 0 bridgehead atoms. The highest BCUT2D eigenvalue weighted by Gasteiger charge is 2.24. The molecule has 6 rings (SSSR count). The second-order valence-corrected chi connectivity index (χ2v) is 9.26. The van der Waals surface area contributed by atoms with Crippen molar-refractivity contribution in [3.63, 3.8) is 0 Å². The number of anilines is 1. The normalized spacial score (nSPS) is 18.7. The van der Waals surface area contributed by atoms with Crippen molar-refractivity contribution in [1.82, 2.24) is 25.4 Å². The van der Waals surface area contributed by atoms with E-state index in [1.165, 1.54) is 22.4 Å². The standard InChI is InChI=1S/C27H30N6/c1-28-23-11-10-20-21(23)4-3-5-22(20)24-12-13-25-27(29-24)26(31-30-25)18-6-8-19(9-7-18)33-16-14-32(2)15-17-33/h3-9,12-13,23,28H,10-11,14-17H2,1-2H3,(H,30,31). The molecule has 0 amide bonds. The molecule has 33 heavy (non-hydrogen) atoms. The molecule has 2 aromatic heterocycles. The molecule has 0 radical (unpaired) electrons. The molecule has 168 valence electrons. The molecule has 1 fully saturated rings. The quantitative estimate of drug-likeness (QED) is 0.499. The van der Waals surface area contributed by atoms with Crippen molar-refractivity contribution < 1.29 is 0 Å². The number of nitrogens with zero attached hydrogens (tertiary/aromatic N) is 4. The van der Waals surface area contributed by atoms with Gasteiger partial charge in [-0.1, -0.05) is 30.3 Å². The van der Waals surface area contributed by atoms with E-state index in [4.69, 9.17) is 4.98 Å². The van der Waals surface area contributed by atoms with Crippen LogP contribution in [0.2, 0.25) is 0 Å². The first-order valence-corrected chi connectivity index (χ1v) is 11.9. The minimum absolute atomic E-state index is 0.437. The van der Waals surface area contributed by atoms with E-state index in [0.717, 1.165) is 67.0 Å². The van der Waals surface area contributed by atoms with Crippen LogP contribution >= 0.6 is 0 Å². The molecule has 1 saturated heterocycles. The minimum Gasteiger partial charge on any atom is -0.369 e. The molecule has 1 atom stereocenters. The average Bonchev–Trinajstić information content (AvgIpc) is 3.48. The second kappa shape index (κ2) is 8.28. The van der Waals surface area contributed by atoms with Crippen LogP contribution in [-0.4, -0.2) is 60.4 Å². The van der Waals surface area contributed by atoms with Gasteiger partial charge in [-0.3, -0.25) is 5.10 Å². The maximum Gasteiger partial charge on any atom is 0.118 e. The van der Waals surface area contributed by atoms with Crippen molar-refractivity contribution in [1.29, 1.82) is 0 Å². The van der Waals surface area contributed by atoms with Crippen LogP contribution < -0.4 is 10.2 Å². The zero-order valence-corrected chi connectivity index (χ0v) is 19.3. The Labute approximate surface area is 194 Å². The lowest BCUT2D eigenvalue weighted by atomic mass is 9.99. The number of aromatic amines is 1. The van der Waals surface area contributed by atoms with Gasteiger partial charge in [-0.25, -0.2) is 4.98 Å². The van der Waals surface area contributed by atoms with E-state index in [1.807, 2.05) is 7.05 Å². The molecule has 0 spiro atoms. The monoisotopic (exact) mass is 438 g/mol. The SMILES string of the molecule is CNC1CCc2c(-c3ccc4[nH]nc(-c5ccc(N6CCN(C)CC6)cc5)c4n3)cccc21. The van der Waals surface area contributed by atoms with Gasteiger partial charge in [0.15, 0.2) is 0 Å². The molecule has 6 nitrogen and oxygen atoms in total. The summed E-state index contributed by atoms with van der Waals surface area (Å²) >= 11 is 0. The summed E-state index contributed by atoms with van der Waals surface area (Å²) in [6.07, 6.45) is 2.23. The Morgan fingerprint density at radius 3 is 2.58 bits per heavy atom. The van der Waals surface area contributed by atoms with Crippen molar-refractivity contribution in [2.75, 3.05) is 45.2 Å². The third-order valence-corrected chi connectivity index (χ3v) is 7.31. The Morgan fingerprint density at radius 1 is 0.970 bits per heavy atom. The molecule has 4 aromatic rings. The van der Waals surface area contributed by atoms with Crippen LogP contribution in [0.25, 0.3) is 33.5 Å². The number of rotatable bonds is 4. The number of benzene rings is 2. The van der Waals surface area contributed by atoms with Crippen LogP contribution in [0.3, 0.4) is 0 Å². The second-order valence-electron chi connectivity index (χ2n) is 9.26. The molecule has 1 aliphatic carbocycles. The molecule has 2 N–H and O–H groups in total. The Bertz CT molecular complexity index is 1280. The first-order valence-electron chi connectivity index (χ1n) is 11.9. The van der Waals surface area contributed by atoms with Gasteiger partial charge in [0, 0.05) is 49.0 Å².